The summed E-state index contributed by atoms with van der Waals surface area (Å²) in [4.78, 5) is 22.2. The molecule has 34 heavy (non-hydrogen) atoms. The summed E-state index contributed by atoms with van der Waals surface area (Å²) in [6, 6.07) is 12.2. The van der Waals surface area contributed by atoms with E-state index >= 15 is 0 Å². The normalized spacial score (nSPS) is 15.1. The number of pyridine rings is 1. The largest absolute Gasteiger partial charge is 0.486 e. The Balaban J connectivity index is 1.40. The lowest BCUT2D eigenvalue weighted by Gasteiger charge is -2.26. The van der Waals surface area contributed by atoms with Crippen molar-refractivity contribution in [1.82, 2.24) is 24.7 Å². The van der Waals surface area contributed by atoms with Gasteiger partial charge in [0.2, 0.25) is 5.95 Å². The number of anilines is 1. The van der Waals surface area contributed by atoms with Gasteiger partial charge in [0.15, 0.2) is 17.1 Å². The summed E-state index contributed by atoms with van der Waals surface area (Å²) in [7, 11) is 0. The van der Waals surface area contributed by atoms with E-state index in [2.05, 4.69) is 25.5 Å². The van der Waals surface area contributed by atoms with Gasteiger partial charge in [0.05, 0.1) is 23.0 Å². The molecule has 0 saturated carbocycles. The van der Waals surface area contributed by atoms with Crippen LogP contribution in [0.2, 0.25) is 0 Å². The van der Waals surface area contributed by atoms with E-state index in [4.69, 9.17) is 9.47 Å². The summed E-state index contributed by atoms with van der Waals surface area (Å²) >= 11 is 0. The number of hydrogen-bond donors (Lipinski definition) is 2. The van der Waals surface area contributed by atoms with Crippen molar-refractivity contribution in [2.75, 3.05) is 18.5 Å². The third kappa shape index (κ3) is 3.31. The molecule has 3 aromatic heterocycles. The summed E-state index contributed by atoms with van der Waals surface area (Å²) in [5, 5.41) is 10.9. The van der Waals surface area contributed by atoms with Crippen molar-refractivity contribution in [1.29, 1.82) is 0 Å². The molecule has 0 fully saturated rings. The van der Waals surface area contributed by atoms with E-state index < -0.39 is 11.4 Å². The van der Waals surface area contributed by atoms with Gasteiger partial charge in [-0.3, -0.25) is 14.5 Å². The zero-order valence-corrected chi connectivity index (χ0v) is 18.1. The second kappa shape index (κ2) is 7.84. The number of rotatable bonds is 4. The highest BCUT2D eigenvalue weighted by Crippen LogP contribution is 2.31. The van der Waals surface area contributed by atoms with Crippen molar-refractivity contribution in [2.45, 2.75) is 13.0 Å². The first-order valence-electron chi connectivity index (χ1n) is 10.7. The SMILES string of the molecule is Cc1ccc(-n2c(=O)c3c[nH]nc3c3cnc(NC[C@H]4COc5ccccc5O4)nc32)c(F)c1. The zero-order valence-electron chi connectivity index (χ0n) is 18.1. The highest BCUT2D eigenvalue weighted by molar-refractivity contribution is 6.02. The number of halogens is 1. The molecule has 170 valence electrons. The summed E-state index contributed by atoms with van der Waals surface area (Å²) in [5.74, 6) is 1.12. The van der Waals surface area contributed by atoms with Crippen molar-refractivity contribution < 1.29 is 13.9 Å². The third-order valence-electron chi connectivity index (χ3n) is 5.71. The molecule has 5 aromatic rings. The van der Waals surface area contributed by atoms with Crippen molar-refractivity contribution in [3.63, 3.8) is 0 Å². The van der Waals surface area contributed by atoms with Gasteiger partial charge in [0, 0.05) is 12.4 Å². The van der Waals surface area contributed by atoms with Crippen LogP contribution in [0, 0.1) is 12.7 Å². The number of fused-ring (bicyclic) bond motifs is 4. The van der Waals surface area contributed by atoms with Crippen molar-refractivity contribution in [3.05, 3.63) is 76.6 Å². The Morgan fingerprint density at radius 2 is 2.06 bits per heavy atom. The molecule has 0 spiro atoms. The molecule has 0 bridgehead atoms. The first kappa shape index (κ1) is 20.2. The first-order chi connectivity index (χ1) is 16.6. The van der Waals surface area contributed by atoms with Crippen LogP contribution in [-0.4, -0.2) is 44.0 Å². The Morgan fingerprint density at radius 1 is 1.21 bits per heavy atom. The van der Waals surface area contributed by atoms with Crippen LogP contribution in [0.1, 0.15) is 5.56 Å². The molecule has 1 aliphatic heterocycles. The highest BCUT2D eigenvalue weighted by atomic mass is 19.1. The Hall–Kier alpha value is -4.47. The maximum absolute atomic E-state index is 14.9. The number of aryl methyl sites for hydroxylation is 1. The Bertz CT molecular complexity index is 1610. The van der Waals surface area contributed by atoms with Crippen LogP contribution in [0.3, 0.4) is 0 Å². The van der Waals surface area contributed by atoms with Gasteiger partial charge in [-0.05, 0) is 36.8 Å². The van der Waals surface area contributed by atoms with Gasteiger partial charge in [-0.15, -0.1) is 0 Å². The molecule has 2 N–H and O–H groups in total. The van der Waals surface area contributed by atoms with Gasteiger partial charge in [-0.1, -0.05) is 18.2 Å². The Labute approximate surface area is 192 Å². The molecule has 10 heteroatoms. The molecule has 0 amide bonds. The number of H-pyrrole nitrogens is 1. The minimum absolute atomic E-state index is 0.106. The molecule has 6 rings (SSSR count). The van der Waals surface area contributed by atoms with Crippen LogP contribution >= 0.6 is 0 Å². The van der Waals surface area contributed by atoms with Crippen LogP contribution in [0.4, 0.5) is 10.3 Å². The first-order valence-corrected chi connectivity index (χ1v) is 10.7. The summed E-state index contributed by atoms with van der Waals surface area (Å²) in [6.45, 7) is 2.52. The Morgan fingerprint density at radius 3 is 2.91 bits per heavy atom. The van der Waals surface area contributed by atoms with Crippen LogP contribution in [-0.2, 0) is 0 Å². The third-order valence-corrected chi connectivity index (χ3v) is 5.71. The number of nitrogens with zero attached hydrogens (tertiary/aromatic N) is 4. The molecule has 2 aromatic carbocycles. The Kier molecular flexibility index (Phi) is 4.65. The minimum Gasteiger partial charge on any atom is -0.486 e. The quantitative estimate of drug-likeness (QED) is 0.425. The molecule has 9 nitrogen and oxygen atoms in total. The minimum atomic E-state index is -0.522. The van der Waals surface area contributed by atoms with Crippen LogP contribution < -0.4 is 20.3 Å². The maximum Gasteiger partial charge on any atom is 0.267 e. The molecular weight excluding hydrogens is 439 g/mol. The number of nitrogens with one attached hydrogen (secondary N) is 2. The molecule has 0 saturated heterocycles. The number of para-hydroxylation sites is 2. The summed E-state index contributed by atoms with van der Waals surface area (Å²) in [6.07, 6.45) is 2.80. The van der Waals surface area contributed by atoms with E-state index in [0.29, 0.717) is 40.9 Å². The topological polar surface area (TPSA) is 107 Å². The molecular formula is C24H19FN6O3. The number of aromatic nitrogens is 5. The second-order valence-electron chi connectivity index (χ2n) is 8.05. The predicted octanol–water partition coefficient (Wildman–Crippen LogP) is 3.36. The molecule has 1 atom stereocenters. The van der Waals surface area contributed by atoms with Crippen molar-refractivity contribution in [3.8, 4) is 17.2 Å². The van der Waals surface area contributed by atoms with Gasteiger partial charge < -0.3 is 14.8 Å². The van der Waals surface area contributed by atoms with Gasteiger partial charge in [-0.2, -0.15) is 10.1 Å². The standard InChI is InChI=1S/C24H19FN6O3/c1-13-6-7-18(17(25)8-13)31-22-15(21-16(23(31)32)11-28-30-21)10-27-24(29-22)26-9-14-12-33-19-4-2-3-5-20(19)34-14/h2-8,10-11,14H,9,12H2,1H3,(H,28,30)(H,26,27,29)/t14-/m0/s1. The highest BCUT2D eigenvalue weighted by Gasteiger charge is 2.22. The van der Waals surface area contributed by atoms with E-state index in [-0.39, 0.29) is 23.4 Å². The van der Waals surface area contributed by atoms with E-state index in [1.807, 2.05) is 24.3 Å². The fourth-order valence-electron chi connectivity index (χ4n) is 4.06. The van der Waals surface area contributed by atoms with Gasteiger partial charge in [0.1, 0.15) is 24.0 Å². The molecule has 1 aliphatic rings. The van der Waals surface area contributed by atoms with Crippen LogP contribution in [0.5, 0.6) is 11.5 Å². The number of ether oxygens (including phenoxy) is 2. The maximum atomic E-state index is 14.9. The summed E-state index contributed by atoms with van der Waals surface area (Å²) < 4.78 is 27.9. The molecule has 0 unspecified atom stereocenters. The lowest BCUT2D eigenvalue weighted by Crippen LogP contribution is -2.35. The van der Waals surface area contributed by atoms with E-state index in [1.54, 1.807) is 25.3 Å². The van der Waals surface area contributed by atoms with Gasteiger partial charge in [-0.25, -0.2) is 9.37 Å². The summed E-state index contributed by atoms with van der Waals surface area (Å²) in [5.41, 5.74) is 1.10. The second-order valence-corrected chi connectivity index (χ2v) is 8.05. The zero-order chi connectivity index (χ0) is 23.2. The average molecular weight is 458 g/mol. The van der Waals surface area contributed by atoms with E-state index in [0.717, 1.165) is 5.56 Å². The van der Waals surface area contributed by atoms with Crippen LogP contribution in [0.15, 0.2) is 59.7 Å². The smallest absolute Gasteiger partial charge is 0.267 e. The lowest BCUT2D eigenvalue weighted by molar-refractivity contribution is 0.0996. The fourth-order valence-corrected chi connectivity index (χ4v) is 4.06. The van der Waals surface area contributed by atoms with Gasteiger partial charge in [0.25, 0.3) is 5.56 Å². The number of hydrogen-bond acceptors (Lipinski definition) is 7. The number of benzene rings is 2. The predicted molar refractivity (Wildman–Crippen MR) is 124 cm³/mol. The molecule has 0 aliphatic carbocycles. The van der Waals surface area contributed by atoms with Crippen LogP contribution in [0.25, 0.3) is 27.6 Å². The van der Waals surface area contributed by atoms with E-state index in [1.165, 1.54) is 16.8 Å². The average Bonchev–Trinajstić information content (AvgIpc) is 3.34. The van der Waals surface area contributed by atoms with Crippen molar-refractivity contribution >= 4 is 27.9 Å². The van der Waals surface area contributed by atoms with Crippen molar-refractivity contribution in [2.24, 2.45) is 0 Å². The fraction of sp³-hybridized carbons (Fsp3) is 0.167. The van der Waals surface area contributed by atoms with E-state index in [9.17, 15) is 9.18 Å². The monoisotopic (exact) mass is 458 g/mol. The van der Waals surface area contributed by atoms with Gasteiger partial charge >= 0.3 is 0 Å². The molecule has 4 heterocycles. The molecule has 0 radical (unpaired) electrons. The number of aromatic amines is 1. The lowest BCUT2D eigenvalue weighted by atomic mass is 10.2.